The minimum Gasteiger partial charge on any atom is -0.490 e. The predicted octanol–water partition coefficient (Wildman–Crippen LogP) is 4.69. The van der Waals surface area contributed by atoms with Crippen molar-refractivity contribution in [3.63, 3.8) is 0 Å². The highest BCUT2D eigenvalue weighted by molar-refractivity contribution is 7.90. The Morgan fingerprint density at radius 2 is 1.84 bits per heavy atom. The maximum atomic E-state index is 13.2. The molecular weight excluding hydrogens is 530 g/mol. The van der Waals surface area contributed by atoms with Gasteiger partial charge in [0.1, 0.15) is 18.0 Å². The third kappa shape index (κ3) is 5.81. The summed E-state index contributed by atoms with van der Waals surface area (Å²) < 4.78 is 43.5. The molecule has 38 heavy (non-hydrogen) atoms. The van der Waals surface area contributed by atoms with Crippen LogP contribution in [0.2, 0.25) is 0 Å². The van der Waals surface area contributed by atoms with Crippen LogP contribution in [0.3, 0.4) is 0 Å². The summed E-state index contributed by atoms with van der Waals surface area (Å²) in [6.45, 7) is 5.52. The first kappa shape index (κ1) is 27.1. The van der Waals surface area contributed by atoms with Crippen molar-refractivity contribution in [3.8, 4) is 16.2 Å². The Morgan fingerprint density at radius 3 is 2.53 bits per heavy atom. The third-order valence-corrected chi connectivity index (χ3v) is 8.03. The Hall–Kier alpha value is -3.90. The summed E-state index contributed by atoms with van der Waals surface area (Å²) in [7, 11) is -2.59. The van der Waals surface area contributed by atoms with Crippen LogP contribution in [0.5, 0.6) is 5.75 Å². The summed E-state index contributed by atoms with van der Waals surface area (Å²) in [6.07, 6.45) is 2.39. The van der Waals surface area contributed by atoms with E-state index in [1.807, 2.05) is 0 Å². The van der Waals surface area contributed by atoms with Gasteiger partial charge in [-0.1, -0.05) is 18.2 Å². The SMILES string of the molecule is COC(=O)c1sc(-c2ccnc3c2ccn3S(=O)(=O)c2ccccc2)cc1OCCNC(=O)OC(C)(C)C. The number of hydrogen-bond donors (Lipinski definition) is 1. The number of amides is 1. The molecule has 0 bridgehead atoms. The Labute approximate surface area is 224 Å². The molecule has 3 aromatic heterocycles. The summed E-state index contributed by atoms with van der Waals surface area (Å²) in [5.74, 6) is -0.296. The van der Waals surface area contributed by atoms with Crippen LogP contribution in [0.15, 0.2) is 65.8 Å². The summed E-state index contributed by atoms with van der Waals surface area (Å²) in [5, 5.41) is 3.18. The van der Waals surface area contributed by atoms with Gasteiger partial charge in [0.15, 0.2) is 10.5 Å². The second-order valence-electron chi connectivity index (χ2n) is 9.10. The molecule has 1 amide bonds. The van der Waals surface area contributed by atoms with Crippen molar-refractivity contribution in [1.29, 1.82) is 0 Å². The highest BCUT2D eigenvalue weighted by Crippen LogP contribution is 2.40. The largest absolute Gasteiger partial charge is 0.490 e. The minimum atomic E-state index is -3.86. The number of esters is 1. The smallest absolute Gasteiger partial charge is 0.407 e. The van der Waals surface area contributed by atoms with Crippen molar-refractivity contribution in [2.45, 2.75) is 31.3 Å². The van der Waals surface area contributed by atoms with Crippen LogP contribution in [-0.2, 0) is 19.5 Å². The van der Waals surface area contributed by atoms with Crippen LogP contribution < -0.4 is 10.1 Å². The second kappa shape index (κ2) is 10.8. The van der Waals surface area contributed by atoms with Crippen molar-refractivity contribution in [2.75, 3.05) is 20.3 Å². The van der Waals surface area contributed by atoms with E-state index < -0.39 is 27.7 Å². The van der Waals surface area contributed by atoms with Gasteiger partial charge < -0.3 is 19.5 Å². The van der Waals surface area contributed by atoms with Gasteiger partial charge in [-0.05, 0) is 51.1 Å². The number of carbonyl (C=O) groups is 2. The Kier molecular flexibility index (Phi) is 7.74. The van der Waals surface area contributed by atoms with Crippen LogP contribution in [0.4, 0.5) is 4.79 Å². The number of pyridine rings is 1. The number of benzene rings is 1. The molecule has 4 aromatic rings. The first-order valence-electron chi connectivity index (χ1n) is 11.6. The quantitative estimate of drug-likeness (QED) is 0.244. The maximum Gasteiger partial charge on any atom is 0.407 e. The lowest BCUT2D eigenvalue weighted by molar-refractivity contribution is 0.0516. The normalized spacial score (nSPS) is 11.8. The fourth-order valence-electron chi connectivity index (χ4n) is 3.61. The molecule has 0 aliphatic carbocycles. The summed E-state index contributed by atoms with van der Waals surface area (Å²) in [5.41, 5.74) is 0.304. The van der Waals surface area contributed by atoms with Crippen molar-refractivity contribution in [3.05, 3.63) is 65.8 Å². The maximum absolute atomic E-state index is 13.2. The zero-order valence-corrected chi connectivity index (χ0v) is 22.9. The van der Waals surface area contributed by atoms with E-state index in [4.69, 9.17) is 14.2 Å². The number of rotatable bonds is 8. The number of ether oxygens (including phenoxy) is 3. The average molecular weight is 558 g/mol. The van der Waals surface area contributed by atoms with E-state index in [1.165, 1.54) is 31.6 Å². The molecule has 0 aliphatic rings. The van der Waals surface area contributed by atoms with Crippen LogP contribution in [-0.4, -0.2) is 55.3 Å². The lowest BCUT2D eigenvalue weighted by Crippen LogP contribution is -2.34. The molecule has 4 rings (SSSR count). The molecule has 10 nitrogen and oxygen atoms in total. The van der Waals surface area contributed by atoms with Crippen molar-refractivity contribution < 1.29 is 32.2 Å². The second-order valence-corrected chi connectivity index (χ2v) is 12.0. The predicted molar refractivity (Wildman–Crippen MR) is 143 cm³/mol. The van der Waals surface area contributed by atoms with E-state index in [0.29, 0.717) is 15.8 Å². The fourth-order valence-corrected chi connectivity index (χ4v) is 5.99. The lowest BCUT2D eigenvalue weighted by atomic mass is 10.1. The summed E-state index contributed by atoms with van der Waals surface area (Å²) >= 11 is 1.15. The molecular formula is C26H27N3O7S2. The monoisotopic (exact) mass is 557 g/mol. The van der Waals surface area contributed by atoms with Crippen molar-refractivity contribution >= 4 is 44.5 Å². The molecule has 0 unspecified atom stereocenters. The average Bonchev–Trinajstić information content (AvgIpc) is 3.50. The van der Waals surface area contributed by atoms with Crippen LogP contribution in [0.1, 0.15) is 30.4 Å². The van der Waals surface area contributed by atoms with E-state index in [2.05, 4.69) is 10.3 Å². The third-order valence-electron chi connectivity index (χ3n) is 5.22. The van der Waals surface area contributed by atoms with Crippen molar-refractivity contribution in [1.82, 2.24) is 14.3 Å². The Balaban J connectivity index is 1.62. The first-order valence-corrected chi connectivity index (χ1v) is 13.9. The van der Waals surface area contributed by atoms with Gasteiger partial charge in [0.2, 0.25) is 0 Å². The molecule has 0 fully saturated rings. The van der Waals surface area contributed by atoms with Gasteiger partial charge in [0.25, 0.3) is 10.0 Å². The van der Waals surface area contributed by atoms with Gasteiger partial charge in [-0.25, -0.2) is 27.0 Å². The Bertz CT molecular complexity index is 1570. The van der Waals surface area contributed by atoms with E-state index in [-0.39, 0.29) is 34.3 Å². The van der Waals surface area contributed by atoms with Crippen LogP contribution >= 0.6 is 11.3 Å². The number of methoxy groups -OCH3 is 1. The van der Waals surface area contributed by atoms with Crippen molar-refractivity contribution in [2.24, 2.45) is 0 Å². The molecule has 1 N–H and O–H groups in total. The molecule has 0 aliphatic heterocycles. The zero-order chi connectivity index (χ0) is 27.5. The van der Waals surface area contributed by atoms with E-state index in [1.54, 1.807) is 57.2 Å². The Morgan fingerprint density at radius 1 is 1.11 bits per heavy atom. The standard InChI is InChI=1S/C26H27N3O7S2/c1-26(2,3)36-25(31)28-13-15-35-20-16-21(37-22(20)24(30)34-4)18-10-12-27-23-19(18)11-14-29(23)38(32,33)17-8-6-5-7-9-17/h5-12,14,16H,13,15H2,1-4H3,(H,28,31). The van der Waals surface area contributed by atoms with Gasteiger partial charge in [0.05, 0.1) is 18.6 Å². The molecule has 0 saturated heterocycles. The molecule has 3 heterocycles. The first-order chi connectivity index (χ1) is 18.0. The van der Waals surface area contributed by atoms with Gasteiger partial charge in [-0.2, -0.15) is 0 Å². The minimum absolute atomic E-state index is 0.0802. The lowest BCUT2D eigenvalue weighted by Gasteiger charge is -2.19. The van der Waals surface area contributed by atoms with E-state index in [9.17, 15) is 18.0 Å². The fraction of sp³-hybridized carbons (Fsp3) is 0.269. The molecule has 1 aromatic carbocycles. The number of nitrogens with zero attached hydrogens (tertiary/aromatic N) is 2. The summed E-state index contributed by atoms with van der Waals surface area (Å²) in [6, 6.07) is 13.2. The zero-order valence-electron chi connectivity index (χ0n) is 21.3. The molecule has 12 heteroatoms. The molecule has 0 spiro atoms. The number of thiophene rings is 1. The highest BCUT2D eigenvalue weighted by Gasteiger charge is 2.24. The van der Waals surface area contributed by atoms with Crippen LogP contribution in [0, 0.1) is 0 Å². The number of aromatic nitrogens is 2. The number of alkyl carbamates (subject to hydrolysis) is 1. The number of fused-ring (bicyclic) bond motifs is 1. The van der Waals surface area contributed by atoms with Gasteiger partial charge in [0, 0.05) is 28.2 Å². The molecule has 0 saturated carbocycles. The van der Waals surface area contributed by atoms with Gasteiger partial charge in [-0.15, -0.1) is 11.3 Å². The highest BCUT2D eigenvalue weighted by atomic mass is 32.2. The topological polar surface area (TPSA) is 126 Å². The van der Waals surface area contributed by atoms with Gasteiger partial charge in [-0.3, -0.25) is 0 Å². The molecule has 200 valence electrons. The molecule has 0 radical (unpaired) electrons. The van der Waals surface area contributed by atoms with Gasteiger partial charge >= 0.3 is 12.1 Å². The number of carbonyl (C=O) groups excluding carboxylic acids is 2. The number of nitrogens with one attached hydrogen (secondary N) is 1. The van der Waals surface area contributed by atoms with E-state index in [0.717, 1.165) is 15.3 Å². The number of hydrogen-bond acceptors (Lipinski definition) is 9. The van der Waals surface area contributed by atoms with E-state index >= 15 is 0 Å². The van der Waals surface area contributed by atoms with Crippen LogP contribution in [0.25, 0.3) is 21.5 Å². The summed E-state index contributed by atoms with van der Waals surface area (Å²) in [4.78, 5) is 29.7. The molecule has 0 atom stereocenters.